The first-order valence-corrected chi connectivity index (χ1v) is 12.4. The van der Waals surface area contributed by atoms with E-state index in [9.17, 15) is 13.6 Å². The highest BCUT2D eigenvalue weighted by molar-refractivity contribution is 6.49. The van der Waals surface area contributed by atoms with E-state index in [2.05, 4.69) is 36.5 Å². The highest BCUT2D eigenvalue weighted by Crippen LogP contribution is 2.32. The van der Waals surface area contributed by atoms with Crippen molar-refractivity contribution in [3.05, 3.63) is 120 Å². The fraction of sp³-hybridized carbons (Fsp3) is 0.188. The summed E-state index contributed by atoms with van der Waals surface area (Å²) >= 11 is 0. The first-order chi connectivity index (χ1) is 17.8. The van der Waals surface area contributed by atoms with Crippen molar-refractivity contribution < 1.29 is 13.6 Å². The van der Waals surface area contributed by atoms with E-state index in [1.165, 1.54) is 36.0 Å². The molecule has 3 aromatic rings. The average Bonchev–Trinajstić information content (AvgIpc) is 2.88. The van der Waals surface area contributed by atoms with Gasteiger partial charge in [-0.3, -0.25) is 10.2 Å². The number of carbonyl (C=O) groups excluding carboxylic acids is 1. The number of rotatable bonds is 8. The number of allylic oxidation sites excluding steroid dienone is 7. The number of nitrogens with one attached hydrogen (secondary N) is 2. The topological polar surface area (TPSA) is 53.0 Å². The van der Waals surface area contributed by atoms with Gasteiger partial charge in [-0.25, -0.2) is 8.78 Å². The van der Waals surface area contributed by atoms with Gasteiger partial charge >= 0.3 is 0 Å². The van der Waals surface area contributed by atoms with Crippen molar-refractivity contribution in [2.45, 2.75) is 39.0 Å². The monoisotopic (exact) mass is 496 g/mol. The summed E-state index contributed by atoms with van der Waals surface area (Å²) in [6.07, 6.45) is 11.1. The van der Waals surface area contributed by atoms with Gasteiger partial charge in [0.2, 0.25) is 5.78 Å². The summed E-state index contributed by atoms with van der Waals surface area (Å²) in [6.45, 7) is 2.95. The molecule has 0 spiro atoms. The Hall–Kier alpha value is -4.12. The number of alkyl halides is 2. The van der Waals surface area contributed by atoms with Crippen molar-refractivity contribution in [3.63, 3.8) is 0 Å². The van der Waals surface area contributed by atoms with E-state index in [0.29, 0.717) is 11.3 Å². The SMILES string of the molecule is CCC1=C/C=C(C(=N)C(=O)/C=C\Nc2cccc(C(C)(F)F)c2)\C=C(/c2cccc3ccccc23)CC1. The van der Waals surface area contributed by atoms with Crippen molar-refractivity contribution >= 4 is 33.5 Å². The van der Waals surface area contributed by atoms with E-state index in [0.717, 1.165) is 48.1 Å². The number of fused-ring (bicyclic) bond motifs is 1. The van der Waals surface area contributed by atoms with Gasteiger partial charge in [0.15, 0.2) is 0 Å². The Bertz CT molecular complexity index is 1450. The third kappa shape index (κ3) is 6.36. The third-order valence-electron chi connectivity index (χ3n) is 6.52. The molecule has 0 radical (unpaired) electrons. The van der Waals surface area contributed by atoms with Crippen LogP contribution in [0.25, 0.3) is 16.3 Å². The fourth-order valence-corrected chi connectivity index (χ4v) is 4.38. The molecule has 0 aliphatic heterocycles. The standard InChI is InChI=1S/C32H30F2N2O/c1-3-22-14-16-24(29-13-6-9-23-8-4-5-12-28(23)29)20-25(17-15-22)31(35)30(37)18-19-36-27-11-7-10-26(21-27)32(2,33)34/h4-13,15,17-21,35-36H,3,14,16H2,1-2H3/b19-18-,22-15?,24-20-,25-17+,35-31?. The number of hydrogen-bond donors (Lipinski definition) is 2. The van der Waals surface area contributed by atoms with Crippen molar-refractivity contribution in [3.8, 4) is 0 Å². The molecule has 4 rings (SSSR count). The largest absolute Gasteiger partial charge is 0.362 e. The van der Waals surface area contributed by atoms with Gasteiger partial charge in [-0.2, -0.15) is 0 Å². The van der Waals surface area contributed by atoms with E-state index in [1.807, 2.05) is 36.4 Å². The second kappa shape index (κ2) is 11.3. The molecule has 1 aliphatic rings. The van der Waals surface area contributed by atoms with Crippen LogP contribution in [0.1, 0.15) is 44.2 Å². The zero-order valence-electron chi connectivity index (χ0n) is 21.0. The van der Waals surface area contributed by atoms with Gasteiger partial charge in [0.1, 0.15) is 5.71 Å². The Morgan fingerprint density at radius 2 is 1.78 bits per heavy atom. The van der Waals surface area contributed by atoms with Crippen LogP contribution in [0, 0.1) is 5.41 Å². The number of anilines is 1. The second-order valence-corrected chi connectivity index (χ2v) is 9.18. The maximum Gasteiger partial charge on any atom is 0.270 e. The van der Waals surface area contributed by atoms with Crippen molar-refractivity contribution in [2.24, 2.45) is 0 Å². The minimum absolute atomic E-state index is 0.116. The molecular formula is C32H30F2N2O. The summed E-state index contributed by atoms with van der Waals surface area (Å²) in [4.78, 5) is 12.9. The number of hydrogen-bond acceptors (Lipinski definition) is 3. The first-order valence-electron chi connectivity index (χ1n) is 12.4. The van der Waals surface area contributed by atoms with Crippen LogP contribution >= 0.6 is 0 Å². The summed E-state index contributed by atoms with van der Waals surface area (Å²) < 4.78 is 27.2. The van der Waals surface area contributed by atoms with E-state index >= 15 is 0 Å². The number of halogens is 2. The van der Waals surface area contributed by atoms with Crippen LogP contribution < -0.4 is 5.32 Å². The molecule has 0 heterocycles. The highest BCUT2D eigenvalue weighted by Gasteiger charge is 2.24. The second-order valence-electron chi connectivity index (χ2n) is 9.18. The molecule has 3 nitrogen and oxygen atoms in total. The molecule has 37 heavy (non-hydrogen) atoms. The number of ketones is 1. The normalized spacial score (nSPS) is 17.2. The van der Waals surface area contributed by atoms with Crippen LogP contribution in [0.4, 0.5) is 14.5 Å². The van der Waals surface area contributed by atoms with Crippen LogP contribution in [-0.4, -0.2) is 11.5 Å². The predicted octanol–water partition coefficient (Wildman–Crippen LogP) is 8.61. The summed E-state index contributed by atoms with van der Waals surface area (Å²) in [5.41, 5.74) is 4.18. The summed E-state index contributed by atoms with van der Waals surface area (Å²) in [6, 6.07) is 20.3. The fourth-order valence-electron chi connectivity index (χ4n) is 4.38. The van der Waals surface area contributed by atoms with Crippen LogP contribution in [-0.2, 0) is 10.7 Å². The van der Waals surface area contributed by atoms with Gasteiger partial charge in [-0.15, -0.1) is 0 Å². The van der Waals surface area contributed by atoms with Crippen molar-refractivity contribution in [2.75, 3.05) is 5.32 Å². The van der Waals surface area contributed by atoms with E-state index < -0.39 is 11.7 Å². The first kappa shape index (κ1) is 26.0. The molecule has 0 saturated carbocycles. The molecule has 0 aromatic heterocycles. The molecule has 0 amide bonds. The lowest BCUT2D eigenvalue weighted by Crippen LogP contribution is -2.13. The quantitative estimate of drug-likeness (QED) is 0.242. The summed E-state index contributed by atoms with van der Waals surface area (Å²) in [5.74, 6) is -3.43. The maximum absolute atomic E-state index is 13.6. The Labute approximate surface area is 216 Å². The zero-order valence-corrected chi connectivity index (χ0v) is 21.0. The molecule has 1 aliphatic carbocycles. The molecule has 188 valence electrons. The molecule has 2 N–H and O–H groups in total. The smallest absolute Gasteiger partial charge is 0.270 e. The number of benzene rings is 3. The van der Waals surface area contributed by atoms with Crippen molar-refractivity contribution in [1.29, 1.82) is 5.41 Å². The van der Waals surface area contributed by atoms with Gasteiger partial charge in [0.25, 0.3) is 5.92 Å². The van der Waals surface area contributed by atoms with Crippen LogP contribution in [0.2, 0.25) is 0 Å². The lowest BCUT2D eigenvalue weighted by Gasteiger charge is -2.16. The highest BCUT2D eigenvalue weighted by atomic mass is 19.3. The van der Waals surface area contributed by atoms with Crippen LogP contribution in [0.15, 0.2) is 108 Å². The van der Waals surface area contributed by atoms with Gasteiger partial charge in [0.05, 0.1) is 0 Å². The van der Waals surface area contributed by atoms with Crippen LogP contribution in [0.3, 0.4) is 0 Å². The lowest BCUT2D eigenvalue weighted by atomic mass is 9.89. The van der Waals surface area contributed by atoms with Gasteiger partial charge in [-0.05, 0) is 59.4 Å². The molecule has 0 atom stereocenters. The van der Waals surface area contributed by atoms with E-state index in [4.69, 9.17) is 5.41 Å². The average molecular weight is 497 g/mol. The number of carbonyl (C=O) groups is 1. The summed E-state index contributed by atoms with van der Waals surface area (Å²) in [7, 11) is 0. The molecule has 0 bridgehead atoms. The molecule has 5 heteroatoms. The van der Waals surface area contributed by atoms with Crippen molar-refractivity contribution in [1.82, 2.24) is 0 Å². The molecule has 0 unspecified atom stereocenters. The molecule has 3 aromatic carbocycles. The van der Waals surface area contributed by atoms with Gasteiger partial charge in [0, 0.05) is 36.0 Å². The van der Waals surface area contributed by atoms with Gasteiger partial charge in [-0.1, -0.05) is 79.2 Å². The Kier molecular flexibility index (Phi) is 7.92. The Morgan fingerprint density at radius 3 is 2.57 bits per heavy atom. The maximum atomic E-state index is 13.6. The van der Waals surface area contributed by atoms with Gasteiger partial charge < -0.3 is 5.32 Å². The Morgan fingerprint density at radius 1 is 1.03 bits per heavy atom. The van der Waals surface area contributed by atoms with Crippen LogP contribution in [0.5, 0.6) is 0 Å². The molecule has 0 saturated heterocycles. The van der Waals surface area contributed by atoms with E-state index in [1.54, 1.807) is 6.07 Å². The molecular weight excluding hydrogens is 466 g/mol. The minimum atomic E-state index is -2.96. The lowest BCUT2D eigenvalue weighted by molar-refractivity contribution is -0.108. The zero-order chi connectivity index (χ0) is 26.4. The predicted molar refractivity (Wildman–Crippen MR) is 149 cm³/mol. The minimum Gasteiger partial charge on any atom is -0.362 e. The summed E-state index contributed by atoms with van der Waals surface area (Å²) in [5, 5.41) is 13.8. The molecule has 0 fully saturated rings. The van der Waals surface area contributed by atoms with E-state index in [-0.39, 0.29) is 11.3 Å². The Balaban J connectivity index is 1.59. The third-order valence-corrected chi connectivity index (χ3v) is 6.52.